The van der Waals surface area contributed by atoms with E-state index in [9.17, 15) is 8.42 Å². The van der Waals surface area contributed by atoms with Crippen LogP contribution >= 0.6 is 15.9 Å². The van der Waals surface area contributed by atoms with Crippen molar-refractivity contribution in [2.45, 2.75) is 46.3 Å². The van der Waals surface area contributed by atoms with Gasteiger partial charge in [-0.1, -0.05) is 36.7 Å². The third kappa shape index (κ3) is 4.43. The minimum Gasteiger partial charge on any atom is -0.228 e. The Balaban J connectivity index is 4.88. The first-order valence-corrected chi connectivity index (χ1v) is 7.97. The molecule has 0 fully saturated rings. The molecule has 0 bridgehead atoms. The quantitative estimate of drug-likeness (QED) is 0.750. The predicted molar refractivity (Wildman–Crippen MR) is 70.3 cm³/mol. The van der Waals surface area contributed by atoms with Crippen molar-refractivity contribution in [3.05, 3.63) is 0 Å². The van der Waals surface area contributed by atoms with E-state index in [0.717, 1.165) is 5.33 Å². The molecule has 2 nitrogen and oxygen atoms in total. The maximum atomic E-state index is 12.0. The second-order valence-corrected chi connectivity index (χ2v) is 9.55. The summed E-state index contributed by atoms with van der Waals surface area (Å²) in [7, 11) is -3.02. The fourth-order valence-corrected chi connectivity index (χ4v) is 4.19. The van der Waals surface area contributed by atoms with Gasteiger partial charge in [0.15, 0.2) is 9.84 Å². The summed E-state index contributed by atoms with van der Waals surface area (Å²) in [6.45, 7) is 11.5. The fourth-order valence-electron chi connectivity index (χ4n) is 1.04. The Labute approximate surface area is 103 Å². The van der Waals surface area contributed by atoms with Crippen LogP contribution in [0.2, 0.25) is 0 Å². The molecule has 0 aromatic heterocycles. The van der Waals surface area contributed by atoms with E-state index in [2.05, 4.69) is 36.7 Å². The second-order valence-electron chi connectivity index (χ2n) is 6.11. The molecule has 0 amide bonds. The van der Waals surface area contributed by atoms with Gasteiger partial charge in [-0.15, -0.1) is 0 Å². The summed E-state index contributed by atoms with van der Waals surface area (Å²) in [5.74, 6) is 0.410. The van der Waals surface area contributed by atoms with Crippen molar-refractivity contribution in [1.29, 1.82) is 0 Å². The zero-order valence-electron chi connectivity index (χ0n) is 10.6. The van der Waals surface area contributed by atoms with Crippen molar-refractivity contribution < 1.29 is 8.42 Å². The van der Waals surface area contributed by atoms with E-state index < -0.39 is 14.6 Å². The molecule has 0 heterocycles. The van der Waals surface area contributed by atoms with Gasteiger partial charge < -0.3 is 0 Å². The molecule has 4 heteroatoms. The first kappa shape index (κ1) is 15.4. The molecule has 1 unspecified atom stereocenters. The number of hydrogen-bond acceptors (Lipinski definition) is 2. The monoisotopic (exact) mass is 298 g/mol. The molecule has 0 saturated heterocycles. The Bertz CT molecular complexity index is 294. The van der Waals surface area contributed by atoms with Gasteiger partial charge in [0.05, 0.1) is 10.5 Å². The van der Waals surface area contributed by atoms with Gasteiger partial charge in [0, 0.05) is 5.33 Å². The Morgan fingerprint density at radius 1 is 1.07 bits per heavy atom. The van der Waals surface area contributed by atoms with Gasteiger partial charge in [0.25, 0.3) is 0 Å². The van der Waals surface area contributed by atoms with Crippen LogP contribution in [0.15, 0.2) is 0 Å². The summed E-state index contributed by atoms with van der Waals surface area (Å²) in [5, 5.41) is 0.728. The smallest absolute Gasteiger partial charge is 0.155 e. The van der Waals surface area contributed by atoms with Gasteiger partial charge in [0.1, 0.15) is 0 Å². The van der Waals surface area contributed by atoms with Crippen LogP contribution in [0.1, 0.15) is 41.5 Å². The van der Waals surface area contributed by atoms with Crippen LogP contribution in [0.4, 0.5) is 0 Å². The number of rotatable bonds is 3. The molecule has 0 spiro atoms. The molecule has 0 aromatic carbocycles. The van der Waals surface area contributed by atoms with Crippen LogP contribution < -0.4 is 0 Å². The molecule has 92 valence electrons. The summed E-state index contributed by atoms with van der Waals surface area (Å²) in [6.07, 6.45) is 0. The molecule has 0 aromatic rings. The van der Waals surface area contributed by atoms with Crippen molar-refractivity contribution >= 4 is 25.8 Å². The van der Waals surface area contributed by atoms with Gasteiger partial charge in [-0.3, -0.25) is 0 Å². The molecule has 0 aliphatic carbocycles. The van der Waals surface area contributed by atoms with Crippen LogP contribution in [-0.4, -0.2) is 24.2 Å². The van der Waals surface area contributed by atoms with Gasteiger partial charge in [-0.25, -0.2) is 8.42 Å². The zero-order chi connectivity index (χ0) is 12.5. The van der Waals surface area contributed by atoms with E-state index in [1.54, 1.807) is 20.8 Å². The highest BCUT2D eigenvalue weighted by Crippen LogP contribution is 2.31. The van der Waals surface area contributed by atoms with E-state index in [4.69, 9.17) is 0 Å². The lowest BCUT2D eigenvalue weighted by Crippen LogP contribution is -2.37. The van der Waals surface area contributed by atoms with Crippen LogP contribution in [0, 0.1) is 11.3 Å². The molecule has 0 radical (unpaired) electrons. The summed E-state index contributed by atoms with van der Waals surface area (Å²) in [6, 6.07) is 0. The molecule has 0 aliphatic heterocycles. The summed E-state index contributed by atoms with van der Waals surface area (Å²) in [4.78, 5) is 0. The Morgan fingerprint density at radius 2 is 1.47 bits per heavy atom. The van der Waals surface area contributed by atoms with E-state index in [-0.39, 0.29) is 17.1 Å². The highest BCUT2D eigenvalue weighted by molar-refractivity contribution is 9.09. The molecular formula is C11H23BrO2S. The van der Waals surface area contributed by atoms with Crippen molar-refractivity contribution in [3.63, 3.8) is 0 Å². The van der Waals surface area contributed by atoms with Gasteiger partial charge in [-0.05, 0) is 32.1 Å². The van der Waals surface area contributed by atoms with Crippen molar-refractivity contribution in [1.82, 2.24) is 0 Å². The average molecular weight is 299 g/mol. The SMILES string of the molecule is CC(C)(C)C(CBr)CS(=O)(=O)C(C)(C)C. The Morgan fingerprint density at radius 3 is 1.67 bits per heavy atom. The third-order valence-electron chi connectivity index (χ3n) is 2.76. The first-order chi connectivity index (χ1) is 6.42. The fraction of sp³-hybridized carbons (Fsp3) is 1.00. The lowest BCUT2D eigenvalue weighted by Gasteiger charge is -2.31. The zero-order valence-corrected chi connectivity index (χ0v) is 13.0. The summed E-state index contributed by atoms with van der Waals surface area (Å²) < 4.78 is 23.4. The number of alkyl halides is 1. The van der Waals surface area contributed by atoms with Crippen molar-refractivity contribution in [2.24, 2.45) is 11.3 Å². The Hall–Kier alpha value is 0.430. The largest absolute Gasteiger partial charge is 0.228 e. The van der Waals surface area contributed by atoms with E-state index >= 15 is 0 Å². The number of sulfone groups is 1. The van der Waals surface area contributed by atoms with Gasteiger partial charge in [-0.2, -0.15) is 0 Å². The normalized spacial score (nSPS) is 16.5. The van der Waals surface area contributed by atoms with Gasteiger partial charge in [0.2, 0.25) is 0 Å². The highest BCUT2D eigenvalue weighted by atomic mass is 79.9. The third-order valence-corrected chi connectivity index (χ3v) is 6.25. The summed E-state index contributed by atoms with van der Waals surface area (Å²) in [5.41, 5.74) is 0.0157. The van der Waals surface area contributed by atoms with Crippen molar-refractivity contribution in [3.8, 4) is 0 Å². The molecule has 0 N–H and O–H groups in total. The molecule has 1 atom stereocenters. The number of halogens is 1. The maximum absolute atomic E-state index is 12.0. The maximum Gasteiger partial charge on any atom is 0.155 e. The molecule has 0 rings (SSSR count). The topological polar surface area (TPSA) is 34.1 Å². The van der Waals surface area contributed by atoms with Crippen molar-refractivity contribution in [2.75, 3.05) is 11.1 Å². The molecule has 0 aliphatic rings. The lowest BCUT2D eigenvalue weighted by molar-refractivity contribution is 0.290. The van der Waals surface area contributed by atoms with E-state index in [1.807, 2.05) is 0 Å². The molecule has 15 heavy (non-hydrogen) atoms. The lowest BCUT2D eigenvalue weighted by atomic mass is 9.83. The first-order valence-electron chi connectivity index (χ1n) is 5.20. The minimum absolute atomic E-state index is 0.0157. The van der Waals surface area contributed by atoms with Crippen LogP contribution in [0.3, 0.4) is 0 Å². The van der Waals surface area contributed by atoms with E-state index in [0.29, 0.717) is 0 Å². The van der Waals surface area contributed by atoms with Crippen LogP contribution in [-0.2, 0) is 9.84 Å². The standard InChI is InChI=1S/C11H23BrO2S/c1-10(2,3)9(7-12)8-15(13,14)11(4,5)6/h9H,7-8H2,1-6H3. The van der Waals surface area contributed by atoms with Crippen LogP contribution in [0.5, 0.6) is 0 Å². The van der Waals surface area contributed by atoms with E-state index in [1.165, 1.54) is 0 Å². The second kappa shape index (κ2) is 4.74. The predicted octanol–water partition coefficient (Wildman–Crippen LogP) is 3.26. The highest BCUT2D eigenvalue weighted by Gasteiger charge is 2.35. The molecular weight excluding hydrogens is 276 g/mol. The molecule has 0 saturated carbocycles. The average Bonchev–Trinajstić information content (AvgIpc) is 1.95. The van der Waals surface area contributed by atoms with Crippen LogP contribution in [0.25, 0.3) is 0 Å². The minimum atomic E-state index is -3.02. The summed E-state index contributed by atoms with van der Waals surface area (Å²) >= 11 is 3.41. The number of hydrogen-bond donors (Lipinski definition) is 0. The van der Waals surface area contributed by atoms with Gasteiger partial charge >= 0.3 is 0 Å². The Kier molecular flexibility index (Phi) is 4.88.